The summed E-state index contributed by atoms with van der Waals surface area (Å²) in [5, 5.41) is 6.27. The normalized spacial score (nSPS) is 10.1. The first-order valence-electron chi connectivity index (χ1n) is 5.31. The quantitative estimate of drug-likeness (QED) is 0.539. The van der Waals surface area contributed by atoms with Gasteiger partial charge in [0.15, 0.2) is 5.82 Å². The van der Waals surface area contributed by atoms with E-state index in [2.05, 4.69) is 25.4 Å². The molecule has 1 aromatic carbocycles. The number of nitrogens with zero attached hydrogens (tertiary/aromatic N) is 2. The molecule has 7 heteroatoms. The molecule has 0 atom stereocenters. The summed E-state index contributed by atoms with van der Waals surface area (Å²) in [4.78, 5) is 15.7. The molecule has 0 saturated heterocycles. The SMILES string of the molecule is Cc1ccc(C(=O)NCc2ncon2)c(NN)c1. The van der Waals surface area contributed by atoms with Gasteiger partial charge in [0.05, 0.1) is 17.8 Å². The van der Waals surface area contributed by atoms with Crippen LogP contribution in [0.2, 0.25) is 0 Å². The van der Waals surface area contributed by atoms with E-state index in [1.165, 1.54) is 6.39 Å². The van der Waals surface area contributed by atoms with Crippen LogP contribution in [0.15, 0.2) is 29.1 Å². The second kappa shape index (κ2) is 5.28. The van der Waals surface area contributed by atoms with Crippen molar-refractivity contribution >= 4 is 11.6 Å². The predicted octanol–water partition coefficient (Wildman–Crippen LogP) is 0.594. The number of aromatic nitrogens is 2. The number of hydrogen-bond donors (Lipinski definition) is 3. The minimum absolute atomic E-state index is 0.202. The summed E-state index contributed by atoms with van der Waals surface area (Å²) in [6.45, 7) is 2.12. The van der Waals surface area contributed by atoms with E-state index < -0.39 is 0 Å². The van der Waals surface area contributed by atoms with Gasteiger partial charge >= 0.3 is 0 Å². The maximum atomic E-state index is 11.9. The van der Waals surface area contributed by atoms with Gasteiger partial charge in [-0.1, -0.05) is 11.2 Å². The van der Waals surface area contributed by atoms with E-state index in [0.717, 1.165) is 5.56 Å². The number of rotatable bonds is 4. The summed E-state index contributed by atoms with van der Waals surface area (Å²) in [7, 11) is 0. The van der Waals surface area contributed by atoms with Gasteiger partial charge in [-0.2, -0.15) is 4.98 Å². The fraction of sp³-hybridized carbons (Fsp3) is 0.182. The molecule has 94 valence electrons. The average molecular weight is 247 g/mol. The standard InChI is InChI=1S/C11H13N5O2/c1-7-2-3-8(9(4-7)15-12)11(17)13-5-10-14-6-18-16-10/h2-4,6,15H,5,12H2,1H3,(H,13,17). The molecule has 1 aromatic heterocycles. The molecule has 0 fully saturated rings. The molecule has 0 aliphatic heterocycles. The Morgan fingerprint density at radius 1 is 1.50 bits per heavy atom. The van der Waals surface area contributed by atoms with Crippen molar-refractivity contribution in [1.29, 1.82) is 0 Å². The summed E-state index contributed by atoms with van der Waals surface area (Å²) in [6.07, 6.45) is 1.21. The van der Waals surface area contributed by atoms with Crippen molar-refractivity contribution in [2.45, 2.75) is 13.5 Å². The maximum absolute atomic E-state index is 11.9. The molecule has 1 heterocycles. The highest BCUT2D eigenvalue weighted by Crippen LogP contribution is 2.16. The van der Waals surface area contributed by atoms with Crippen molar-refractivity contribution in [3.8, 4) is 0 Å². The molecule has 0 aliphatic carbocycles. The number of aryl methyl sites for hydroxylation is 1. The highest BCUT2D eigenvalue weighted by Gasteiger charge is 2.11. The van der Waals surface area contributed by atoms with Crippen molar-refractivity contribution in [3.63, 3.8) is 0 Å². The third-order valence-electron chi connectivity index (χ3n) is 2.39. The number of nitrogens with two attached hydrogens (primary N) is 1. The summed E-state index contributed by atoms with van der Waals surface area (Å²) in [5.41, 5.74) is 4.55. The highest BCUT2D eigenvalue weighted by atomic mass is 16.5. The van der Waals surface area contributed by atoms with E-state index in [-0.39, 0.29) is 12.5 Å². The number of nitrogen functional groups attached to an aromatic ring is 1. The van der Waals surface area contributed by atoms with Gasteiger partial charge in [0.25, 0.3) is 5.91 Å². The lowest BCUT2D eigenvalue weighted by Gasteiger charge is -2.09. The highest BCUT2D eigenvalue weighted by molar-refractivity contribution is 5.99. The van der Waals surface area contributed by atoms with Crippen LogP contribution in [0.3, 0.4) is 0 Å². The van der Waals surface area contributed by atoms with Crippen molar-refractivity contribution in [3.05, 3.63) is 41.5 Å². The number of nitrogens with one attached hydrogen (secondary N) is 2. The van der Waals surface area contributed by atoms with Crippen molar-refractivity contribution in [2.75, 3.05) is 5.43 Å². The monoisotopic (exact) mass is 247 g/mol. The Morgan fingerprint density at radius 2 is 2.33 bits per heavy atom. The van der Waals surface area contributed by atoms with Gasteiger partial charge in [-0.3, -0.25) is 10.6 Å². The van der Waals surface area contributed by atoms with Gasteiger partial charge in [0.1, 0.15) is 0 Å². The number of carbonyl (C=O) groups excluding carboxylic acids is 1. The Labute approximate surface area is 103 Å². The van der Waals surface area contributed by atoms with E-state index in [1.54, 1.807) is 12.1 Å². The third kappa shape index (κ3) is 2.64. The first-order valence-corrected chi connectivity index (χ1v) is 5.31. The van der Waals surface area contributed by atoms with E-state index in [0.29, 0.717) is 17.1 Å². The summed E-state index contributed by atoms with van der Waals surface area (Å²) in [5.74, 6) is 5.54. The number of hydrogen-bond acceptors (Lipinski definition) is 6. The maximum Gasteiger partial charge on any atom is 0.253 e. The molecule has 4 N–H and O–H groups in total. The largest absolute Gasteiger partial charge is 0.345 e. The molecule has 0 saturated carbocycles. The number of benzene rings is 1. The molecule has 2 aromatic rings. The van der Waals surface area contributed by atoms with Crippen LogP contribution >= 0.6 is 0 Å². The van der Waals surface area contributed by atoms with Crippen LogP contribution in [0.1, 0.15) is 21.7 Å². The second-order valence-corrected chi connectivity index (χ2v) is 3.72. The molecular weight excluding hydrogens is 234 g/mol. The van der Waals surface area contributed by atoms with Gasteiger partial charge in [-0.05, 0) is 24.6 Å². The van der Waals surface area contributed by atoms with E-state index >= 15 is 0 Å². The lowest BCUT2D eigenvalue weighted by atomic mass is 10.1. The molecule has 0 aliphatic rings. The second-order valence-electron chi connectivity index (χ2n) is 3.72. The zero-order valence-corrected chi connectivity index (χ0v) is 9.80. The summed E-state index contributed by atoms with van der Waals surface area (Å²) >= 11 is 0. The molecule has 0 bridgehead atoms. The molecule has 0 spiro atoms. The first-order chi connectivity index (χ1) is 8.70. The number of amides is 1. The van der Waals surface area contributed by atoms with Gasteiger partial charge in [-0.25, -0.2) is 0 Å². The Hall–Kier alpha value is -2.41. The lowest BCUT2D eigenvalue weighted by Crippen LogP contribution is -2.25. The zero-order chi connectivity index (χ0) is 13.0. The molecule has 2 rings (SSSR count). The molecule has 7 nitrogen and oxygen atoms in total. The van der Waals surface area contributed by atoms with Crippen LogP contribution in [-0.2, 0) is 6.54 Å². The van der Waals surface area contributed by atoms with Crippen LogP contribution in [-0.4, -0.2) is 16.0 Å². The average Bonchev–Trinajstić information content (AvgIpc) is 2.88. The minimum atomic E-state index is -0.257. The summed E-state index contributed by atoms with van der Waals surface area (Å²) < 4.78 is 4.57. The Balaban J connectivity index is 2.09. The smallest absolute Gasteiger partial charge is 0.253 e. The summed E-state index contributed by atoms with van der Waals surface area (Å²) in [6, 6.07) is 5.34. The molecule has 18 heavy (non-hydrogen) atoms. The number of carbonyl (C=O) groups is 1. The Kier molecular flexibility index (Phi) is 3.54. The van der Waals surface area contributed by atoms with Crippen LogP contribution in [0.4, 0.5) is 5.69 Å². The topological polar surface area (TPSA) is 106 Å². The van der Waals surface area contributed by atoms with Crippen LogP contribution in [0, 0.1) is 6.92 Å². The van der Waals surface area contributed by atoms with Crippen LogP contribution < -0.4 is 16.6 Å². The Morgan fingerprint density at radius 3 is 3.00 bits per heavy atom. The van der Waals surface area contributed by atoms with E-state index in [9.17, 15) is 4.79 Å². The van der Waals surface area contributed by atoms with Gasteiger partial charge in [0, 0.05) is 0 Å². The third-order valence-corrected chi connectivity index (χ3v) is 2.39. The first kappa shape index (κ1) is 12.1. The van der Waals surface area contributed by atoms with Crippen LogP contribution in [0.25, 0.3) is 0 Å². The number of anilines is 1. The molecule has 0 unspecified atom stereocenters. The van der Waals surface area contributed by atoms with Crippen molar-refractivity contribution in [1.82, 2.24) is 15.5 Å². The zero-order valence-electron chi connectivity index (χ0n) is 9.80. The molecular formula is C11H13N5O2. The minimum Gasteiger partial charge on any atom is -0.345 e. The van der Waals surface area contributed by atoms with Gasteiger partial charge in [-0.15, -0.1) is 0 Å². The number of hydrazine groups is 1. The fourth-order valence-corrected chi connectivity index (χ4v) is 1.50. The van der Waals surface area contributed by atoms with E-state index in [4.69, 9.17) is 5.84 Å². The van der Waals surface area contributed by atoms with Crippen molar-refractivity contribution < 1.29 is 9.32 Å². The van der Waals surface area contributed by atoms with Gasteiger partial charge in [0.2, 0.25) is 6.39 Å². The fourth-order valence-electron chi connectivity index (χ4n) is 1.50. The lowest BCUT2D eigenvalue weighted by molar-refractivity contribution is 0.0950. The predicted molar refractivity (Wildman–Crippen MR) is 64.5 cm³/mol. The molecule has 0 radical (unpaired) electrons. The molecule has 1 amide bonds. The Bertz CT molecular complexity index is 538. The van der Waals surface area contributed by atoms with Crippen LogP contribution in [0.5, 0.6) is 0 Å². The van der Waals surface area contributed by atoms with E-state index in [1.807, 2.05) is 13.0 Å². The van der Waals surface area contributed by atoms with Crippen molar-refractivity contribution in [2.24, 2.45) is 5.84 Å². The van der Waals surface area contributed by atoms with Gasteiger partial charge < -0.3 is 15.3 Å².